The van der Waals surface area contributed by atoms with Gasteiger partial charge in [-0.25, -0.2) is 0 Å². The van der Waals surface area contributed by atoms with Crippen molar-refractivity contribution in [1.82, 2.24) is 5.32 Å². The Bertz CT molecular complexity index is 205. The van der Waals surface area contributed by atoms with Gasteiger partial charge in [-0.3, -0.25) is 4.79 Å². The van der Waals surface area contributed by atoms with Crippen LogP contribution in [-0.2, 0) is 4.79 Å². The molecule has 4 N–H and O–H groups in total. The minimum absolute atomic E-state index is 0.00770. The van der Waals surface area contributed by atoms with Crippen LogP contribution >= 0.6 is 0 Å². The summed E-state index contributed by atoms with van der Waals surface area (Å²) in [7, 11) is 0. The van der Waals surface area contributed by atoms with E-state index in [2.05, 4.69) is 5.32 Å². The highest BCUT2D eigenvalue weighted by Gasteiger charge is 2.29. The van der Waals surface area contributed by atoms with E-state index < -0.39 is 6.10 Å². The summed E-state index contributed by atoms with van der Waals surface area (Å²) in [6, 6.07) is 0.00770. The number of hydrogen-bond acceptors (Lipinski definition) is 3. The van der Waals surface area contributed by atoms with E-state index in [9.17, 15) is 9.90 Å². The zero-order chi connectivity index (χ0) is 11.3. The Morgan fingerprint density at radius 3 is 2.80 bits per heavy atom. The molecule has 0 aliphatic heterocycles. The van der Waals surface area contributed by atoms with Crippen LogP contribution in [0.5, 0.6) is 0 Å². The Balaban J connectivity index is 2.06. The number of nitrogens with two attached hydrogens (primary N) is 1. The van der Waals surface area contributed by atoms with Crippen molar-refractivity contribution in [2.45, 2.75) is 51.2 Å². The van der Waals surface area contributed by atoms with E-state index in [0.29, 0.717) is 18.9 Å². The van der Waals surface area contributed by atoms with Crippen LogP contribution in [0.25, 0.3) is 0 Å². The quantitative estimate of drug-likeness (QED) is 0.574. The van der Waals surface area contributed by atoms with Crippen LogP contribution in [0.4, 0.5) is 0 Å². The van der Waals surface area contributed by atoms with Gasteiger partial charge in [-0.15, -0.1) is 0 Å². The summed E-state index contributed by atoms with van der Waals surface area (Å²) in [6.07, 6.45) is 3.95. The fraction of sp³-hybridized carbons (Fsp3) is 0.909. The van der Waals surface area contributed by atoms with Gasteiger partial charge in [0.25, 0.3) is 0 Å². The van der Waals surface area contributed by atoms with Crippen molar-refractivity contribution in [3.05, 3.63) is 0 Å². The maximum atomic E-state index is 11.4. The van der Waals surface area contributed by atoms with E-state index in [1.807, 2.05) is 6.92 Å². The van der Waals surface area contributed by atoms with E-state index in [-0.39, 0.29) is 11.9 Å². The molecule has 2 atom stereocenters. The van der Waals surface area contributed by atoms with E-state index in [0.717, 1.165) is 25.7 Å². The first kappa shape index (κ1) is 12.5. The standard InChI is InChI=1S/C11H22N2O2/c1-2-3-9(14)7-13-11(15)6-10(12)8-4-5-8/h8-10,14H,2-7,12H2,1H3,(H,13,15). The molecule has 1 amide bonds. The summed E-state index contributed by atoms with van der Waals surface area (Å²) < 4.78 is 0. The Labute approximate surface area is 91.2 Å². The maximum Gasteiger partial charge on any atom is 0.221 e. The molecule has 0 spiro atoms. The van der Waals surface area contributed by atoms with Crippen LogP contribution in [-0.4, -0.2) is 29.7 Å². The third kappa shape index (κ3) is 5.14. The van der Waals surface area contributed by atoms with Crippen molar-refractivity contribution in [3.8, 4) is 0 Å². The van der Waals surface area contributed by atoms with Crippen LogP contribution in [0.1, 0.15) is 39.0 Å². The smallest absolute Gasteiger partial charge is 0.221 e. The van der Waals surface area contributed by atoms with Crippen molar-refractivity contribution >= 4 is 5.91 Å². The monoisotopic (exact) mass is 214 g/mol. The molecule has 4 heteroatoms. The molecule has 0 bridgehead atoms. The molecule has 0 aromatic heterocycles. The second-order valence-electron chi connectivity index (χ2n) is 4.45. The number of carbonyl (C=O) groups is 1. The molecule has 1 fully saturated rings. The van der Waals surface area contributed by atoms with Crippen LogP contribution in [0.2, 0.25) is 0 Å². The number of rotatable bonds is 7. The predicted molar refractivity (Wildman–Crippen MR) is 59.2 cm³/mol. The van der Waals surface area contributed by atoms with Gasteiger partial charge < -0.3 is 16.2 Å². The fourth-order valence-corrected chi connectivity index (χ4v) is 1.64. The summed E-state index contributed by atoms with van der Waals surface area (Å²) in [5, 5.41) is 12.1. The highest BCUT2D eigenvalue weighted by atomic mass is 16.3. The largest absolute Gasteiger partial charge is 0.391 e. The molecule has 4 nitrogen and oxygen atoms in total. The third-order valence-corrected chi connectivity index (χ3v) is 2.81. The third-order valence-electron chi connectivity index (χ3n) is 2.81. The molecule has 2 unspecified atom stereocenters. The molecule has 0 aromatic rings. The highest BCUT2D eigenvalue weighted by Crippen LogP contribution is 2.32. The Morgan fingerprint density at radius 1 is 1.60 bits per heavy atom. The molecule has 1 saturated carbocycles. The van der Waals surface area contributed by atoms with Gasteiger partial charge >= 0.3 is 0 Å². The number of aliphatic hydroxyl groups is 1. The molecule has 1 rings (SSSR count). The topological polar surface area (TPSA) is 75.3 Å². The van der Waals surface area contributed by atoms with Crippen LogP contribution in [0.3, 0.4) is 0 Å². The summed E-state index contributed by atoms with van der Waals surface area (Å²) in [6.45, 7) is 2.36. The van der Waals surface area contributed by atoms with Crippen LogP contribution in [0.15, 0.2) is 0 Å². The lowest BCUT2D eigenvalue weighted by Gasteiger charge is -2.13. The Morgan fingerprint density at radius 2 is 2.27 bits per heavy atom. The lowest BCUT2D eigenvalue weighted by Crippen LogP contribution is -2.36. The second-order valence-corrected chi connectivity index (χ2v) is 4.45. The number of hydrogen-bond donors (Lipinski definition) is 3. The first-order chi connectivity index (χ1) is 7.13. The SMILES string of the molecule is CCCC(O)CNC(=O)CC(N)C1CC1. The van der Waals surface area contributed by atoms with Crippen molar-refractivity contribution in [2.75, 3.05) is 6.54 Å². The van der Waals surface area contributed by atoms with Crippen LogP contribution in [0, 0.1) is 5.92 Å². The lowest BCUT2D eigenvalue weighted by atomic mass is 10.1. The number of carbonyl (C=O) groups excluding carboxylic acids is 1. The first-order valence-corrected chi connectivity index (χ1v) is 5.83. The minimum Gasteiger partial charge on any atom is -0.391 e. The number of nitrogens with one attached hydrogen (secondary N) is 1. The van der Waals surface area contributed by atoms with Gasteiger partial charge in [0.15, 0.2) is 0 Å². The van der Waals surface area contributed by atoms with Crippen molar-refractivity contribution in [3.63, 3.8) is 0 Å². The summed E-state index contributed by atoms with van der Waals surface area (Å²) in [4.78, 5) is 11.4. The normalized spacial score (nSPS) is 19.7. The molecule has 0 radical (unpaired) electrons. The lowest BCUT2D eigenvalue weighted by molar-refractivity contribution is -0.122. The summed E-state index contributed by atoms with van der Waals surface area (Å²) >= 11 is 0. The minimum atomic E-state index is -0.420. The highest BCUT2D eigenvalue weighted by molar-refractivity contribution is 5.76. The molecule has 88 valence electrons. The van der Waals surface area contributed by atoms with Crippen molar-refractivity contribution in [2.24, 2.45) is 11.7 Å². The average molecular weight is 214 g/mol. The molecule has 0 heterocycles. The average Bonchev–Trinajstić information content (AvgIpc) is 2.98. The maximum absolute atomic E-state index is 11.4. The van der Waals surface area contributed by atoms with Gasteiger partial charge in [0.1, 0.15) is 0 Å². The molecule has 0 aromatic carbocycles. The number of aliphatic hydroxyl groups excluding tert-OH is 1. The molecule has 1 aliphatic carbocycles. The molecular weight excluding hydrogens is 192 g/mol. The van der Waals surface area contributed by atoms with Gasteiger partial charge in [-0.2, -0.15) is 0 Å². The molecule has 15 heavy (non-hydrogen) atoms. The van der Waals surface area contributed by atoms with E-state index in [1.54, 1.807) is 0 Å². The molecule has 1 aliphatic rings. The second kappa shape index (κ2) is 6.08. The zero-order valence-corrected chi connectivity index (χ0v) is 9.41. The van der Waals surface area contributed by atoms with Crippen molar-refractivity contribution < 1.29 is 9.90 Å². The summed E-state index contributed by atoms with van der Waals surface area (Å²) in [5.74, 6) is 0.515. The summed E-state index contributed by atoms with van der Waals surface area (Å²) in [5.41, 5.74) is 5.82. The van der Waals surface area contributed by atoms with Gasteiger partial charge in [0, 0.05) is 19.0 Å². The first-order valence-electron chi connectivity index (χ1n) is 5.83. The van der Waals surface area contributed by atoms with Crippen LogP contribution < -0.4 is 11.1 Å². The Hall–Kier alpha value is -0.610. The van der Waals surface area contributed by atoms with Crippen molar-refractivity contribution in [1.29, 1.82) is 0 Å². The van der Waals surface area contributed by atoms with Gasteiger partial charge in [0.05, 0.1) is 6.10 Å². The fourth-order valence-electron chi connectivity index (χ4n) is 1.64. The van der Waals surface area contributed by atoms with Gasteiger partial charge in [0.2, 0.25) is 5.91 Å². The van der Waals surface area contributed by atoms with E-state index >= 15 is 0 Å². The molecular formula is C11H22N2O2. The zero-order valence-electron chi connectivity index (χ0n) is 9.41. The van der Waals surface area contributed by atoms with Gasteiger partial charge in [-0.1, -0.05) is 13.3 Å². The Kier molecular flexibility index (Phi) is 5.05. The van der Waals surface area contributed by atoms with Gasteiger partial charge in [-0.05, 0) is 25.2 Å². The predicted octanol–water partition coefficient (Wildman–Crippen LogP) is 0.391. The molecule has 0 saturated heterocycles. The number of amides is 1. The van der Waals surface area contributed by atoms with E-state index in [4.69, 9.17) is 5.73 Å². The van der Waals surface area contributed by atoms with E-state index in [1.165, 1.54) is 0 Å².